The van der Waals surface area contributed by atoms with Crippen LogP contribution in [-0.2, 0) is 10.8 Å². The summed E-state index contributed by atoms with van der Waals surface area (Å²) in [6.07, 6.45) is 3.22. The van der Waals surface area contributed by atoms with Crippen LogP contribution in [0.25, 0.3) is 6.08 Å². The van der Waals surface area contributed by atoms with Crippen LogP contribution >= 0.6 is 0 Å². The number of nitro benzene ring substituents is 1. The summed E-state index contributed by atoms with van der Waals surface area (Å²) in [4.78, 5) is 9.86. The maximum Gasteiger partial charge on any atom is 0.269 e. The van der Waals surface area contributed by atoms with Crippen LogP contribution < -0.4 is 0 Å². The predicted molar refractivity (Wildman–Crippen MR) is 56.2 cm³/mol. The van der Waals surface area contributed by atoms with Crippen molar-refractivity contribution in [1.82, 2.24) is 0 Å². The normalized spacial score (nSPS) is 12.9. The first-order valence-electron chi connectivity index (χ1n) is 3.84. The van der Waals surface area contributed by atoms with Gasteiger partial charge < -0.3 is 0 Å². The van der Waals surface area contributed by atoms with Gasteiger partial charge in [0, 0.05) is 34.6 Å². The van der Waals surface area contributed by atoms with E-state index in [1.54, 1.807) is 24.5 Å². The minimum absolute atomic E-state index is 0.0553. The van der Waals surface area contributed by atoms with Gasteiger partial charge in [-0.05, 0) is 23.8 Å². The van der Waals surface area contributed by atoms with Gasteiger partial charge in [0.2, 0.25) is 0 Å². The molecular weight excluding hydrogens is 202 g/mol. The molecule has 0 aliphatic heterocycles. The molecular formula is C9H9NO3S. The van der Waals surface area contributed by atoms with Gasteiger partial charge in [-0.1, -0.05) is 0 Å². The van der Waals surface area contributed by atoms with E-state index in [1.165, 1.54) is 17.5 Å². The number of hydrogen-bond acceptors (Lipinski definition) is 3. The van der Waals surface area contributed by atoms with E-state index >= 15 is 0 Å². The lowest BCUT2D eigenvalue weighted by Crippen LogP contribution is -1.86. The minimum Gasteiger partial charge on any atom is -0.258 e. The van der Waals surface area contributed by atoms with Crippen molar-refractivity contribution in [3.8, 4) is 0 Å². The molecule has 0 fully saturated rings. The van der Waals surface area contributed by atoms with Gasteiger partial charge in [0.25, 0.3) is 5.69 Å². The first-order valence-corrected chi connectivity index (χ1v) is 5.46. The Labute approximate surface area is 83.9 Å². The summed E-state index contributed by atoms with van der Waals surface area (Å²) >= 11 is 0. The Kier molecular flexibility index (Phi) is 3.53. The lowest BCUT2D eigenvalue weighted by Gasteiger charge is -1.92. The highest BCUT2D eigenvalue weighted by atomic mass is 32.2. The summed E-state index contributed by atoms with van der Waals surface area (Å²) in [6.45, 7) is 0. The van der Waals surface area contributed by atoms with E-state index in [4.69, 9.17) is 0 Å². The molecule has 14 heavy (non-hydrogen) atoms. The minimum atomic E-state index is -0.995. The van der Waals surface area contributed by atoms with Crippen LogP contribution in [0.5, 0.6) is 0 Å². The topological polar surface area (TPSA) is 60.2 Å². The van der Waals surface area contributed by atoms with Crippen LogP contribution in [0.2, 0.25) is 0 Å². The van der Waals surface area contributed by atoms with Crippen molar-refractivity contribution in [3.05, 3.63) is 45.4 Å². The standard InChI is InChI=1S/C9H9NO3S/c1-14(13)7-6-8-2-4-9(5-3-8)10(11)12/h2-7H,1H3/b7-6+. The summed E-state index contributed by atoms with van der Waals surface area (Å²) in [7, 11) is -0.995. The predicted octanol–water partition coefficient (Wildman–Crippen LogP) is 1.94. The Balaban J connectivity index is 2.83. The molecule has 0 heterocycles. The number of rotatable bonds is 3. The van der Waals surface area contributed by atoms with E-state index in [0.29, 0.717) is 0 Å². The van der Waals surface area contributed by atoms with Gasteiger partial charge >= 0.3 is 0 Å². The van der Waals surface area contributed by atoms with Crippen LogP contribution in [0.3, 0.4) is 0 Å². The van der Waals surface area contributed by atoms with Gasteiger partial charge in [-0.2, -0.15) is 0 Å². The van der Waals surface area contributed by atoms with E-state index < -0.39 is 15.7 Å². The van der Waals surface area contributed by atoms with Gasteiger partial charge in [0.05, 0.1) is 4.92 Å². The largest absolute Gasteiger partial charge is 0.269 e. The number of nitrogens with zero attached hydrogens (tertiary/aromatic N) is 1. The fraction of sp³-hybridized carbons (Fsp3) is 0.111. The van der Waals surface area contributed by atoms with E-state index in [1.807, 2.05) is 0 Å². The van der Waals surface area contributed by atoms with Gasteiger partial charge in [-0.25, -0.2) is 0 Å². The highest BCUT2D eigenvalue weighted by Gasteiger charge is 2.01. The Morgan fingerprint density at radius 1 is 1.36 bits per heavy atom. The summed E-state index contributed by atoms with van der Waals surface area (Å²) in [5.74, 6) is 0. The lowest BCUT2D eigenvalue weighted by atomic mass is 10.2. The zero-order valence-corrected chi connectivity index (χ0v) is 8.36. The van der Waals surface area contributed by atoms with E-state index in [0.717, 1.165) is 5.56 Å². The third kappa shape index (κ3) is 3.10. The molecule has 74 valence electrons. The van der Waals surface area contributed by atoms with Crippen molar-refractivity contribution < 1.29 is 9.13 Å². The van der Waals surface area contributed by atoms with Crippen molar-refractivity contribution in [2.24, 2.45) is 0 Å². The molecule has 1 rings (SSSR count). The Morgan fingerprint density at radius 3 is 2.36 bits per heavy atom. The molecule has 1 atom stereocenters. The second kappa shape index (κ2) is 4.66. The Morgan fingerprint density at radius 2 is 1.93 bits per heavy atom. The van der Waals surface area contributed by atoms with Gasteiger partial charge in [-0.15, -0.1) is 0 Å². The maximum atomic E-state index is 10.7. The highest BCUT2D eigenvalue weighted by molar-refractivity contribution is 7.87. The molecule has 4 nitrogen and oxygen atoms in total. The molecule has 0 N–H and O–H groups in total. The molecule has 0 radical (unpaired) electrons. The monoisotopic (exact) mass is 211 g/mol. The maximum absolute atomic E-state index is 10.7. The smallest absolute Gasteiger partial charge is 0.258 e. The fourth-order valence-corrected chi connectivity index (χ4v) is 1.23. The summed E-state index contributed by atoms with van der Waals surface area (Å²) in [5, 5.41) is 11.8. The summed E-state index contributed by atoms with van der Waals surface area (Å²) in [6, 6.07) is 6.06. The lowest BCUT2D eigenvalue weighted by molar-refractivity contribution is -0.384. The SMILES string of the molecule is CS(=O)/C=C/c1ccc([N+](=O)[O-])cc1. The number of hydrogen-bond donors (Lipinski definition) is 0. The third-order valence-corrected chi connectivity index (χ3v) is 2.08. The van der Waals surface area contributed by atoms with Crippen LogP contribution in [0.15, 0.2) is 29.7 Å². The van der Waals surface area contributed by atoms with Crippen LogP contribution in [-0.4, -0.2) is 15.4 Å². The molecule has 1 aromatic rings. The number of non-ortho nitro benzene ring substituents is 1. The second-order valence-electron chi connectivity index (χ2n) is 2.65. The van der Waals surface area contributed by atoms with Crippen molar-refractivity contribution in [1.29, 1.82) is 0 Å². The zero-order chi connectivity index (χ0) is 10.6. The molecule has 0 aliphatic carbocycles. The van der Waals surface area contributed by atoms with Crippen molar-refractivity contribution in [3.63, 3.8) is 0 Å². The molecule has 0 aromatic heterocycles. The number of benzene rings is 1. The Bertz CT molecular complexity index is 384. The van der Waals surface area contributed by atoms with E-state index in [2.05, 4.69) is 0 Å². The molecule has 0 saturated heterocycles. The average molecular weight is 211 g/mol. The first kappa shape index (κ1) is 10.6. The van der Waals surface area contributed by atoms with Gasteiger partial charge in [-0.3, -0.25) is 14.3 Å². The van der Waals surface area contributed by atoms with Gasteiger partial charge in [0.15, 0.2) is 0 Å². The van der Waals surface area contributed by atoms with Crippen LogP contribution in [0.4, 0.5) is 5.69 Å². The van der Waals surface area contributed by atoms with Gasteiger partial charge in [0.1, 0.15) is 0 Å². The highest BCUT2D eigenvalue weighted by Crippen LogP contribution is 2.12. The van der Waals surface area contributed by atoms with E-state index in [-0.39, 0.29) is 5.69 Å². The zero-order valence-electron chi connectivity index (χ0n) is 7.54. The molecule has 0 spiro atoms. The average Bonchev–Trinajstić information content (AvgIpc) is 2.15. The summed E-state index contributed by atoms with van der Waals surface area (Å²) in [5.41, 5.74) is 0.852. The Hall–Kier alpha value is -1.49. The van der Waals surface area contributed by atoms with Crippen LogP contribution in [0, 0.1) is 10.1 Å². The molecule has 0 amide bonds. The molecule has 0 aliphatic rings. The molecule has 5 heteroatoms. The number of nitro groups is 1. The third-order valence-electron chi connectivity index (χ3n) is 1.56. The van der Waals surface area contributed by atoms with Crippen LogP contribution in [0.1, 0.15) is 5.56 Å². The quantitative estimate of drug-likeness (QED) is 0.567. The molecule has 0 bridgehead atoms. The second-order valence-corrected chi connectivity index (χ2v) is 3.92. The van der Waals surface area contributed by atoms with Crippen molar-refractivity contribution in [2.45, 2.75) is 0 Å². The summed E-state index contributed by atoms with van der Waals surface area (Å²) < 4.78 is 10.7. The first-order chi connectivity index (χ1) is 6.59. The molecule has 0 saturated carbocycles. The fourth-order valence-electron chi connectivity index (χ4n) is 0.882. The molecule has 1 unspecified atom stereocenters. The van der Waals surface area contributed by atoms with Crippen molar-refractivity contribution in [2.75, 3.05) is 6.26 Å². The molecule has 1 aromatic carbocycles. The van der Waals surface area contributed by atoms with E-state index in [9.17, 15) is 14.3 Å². The van der Waals surface area contributed by atoms with Crippen molar-refractivity contribution >= 4 is 22.6 Å².